The second kappa shape index (κ2) is 10.9. The molecule has 0 N–H and O–H groups in total. The first-order valence-corrected chi connectivity index (χ1v) is 17.1. The molecule has 2 nitrogen and oxygen atoms in total. The normalized spacial score (nSPS) is 17.2. The Bertz CT molecular complexity index is 2620. The lowest BCUT2D eigenvalue weighted by atomic mass is 9.86. The van der Waals surface area contributed by atoms with Crippen LogP contribution in [0.4, 0.5) is 0 Å². The molecule has 2 aromatic heterocycles. The van der Waals surface area contributed by atoms with E-state index < -0.39 is 0 Å². The summed E-state index contributed by atoms with van der Waals surface area (Å²) in [7, 11) is 0. The van der Waals surface area contributed by atoms with Gasteiger partial charge in [0.15, 0.2) is 0 Å². The Balaban J connectivity index is 1.03. The minimum absolute atomic E-state index is 0.440. The molecule has 10 rings (SSSR count). The number of hydrogen-bond donors (Lipinski definition) is 0. The van der Waals surface area contributed by atoms with E-state index in [9.17, 15) is 0 Å². The summed E-state index contributed by atoms with van der Waals surface area (Å²) in [6.07, 6.45) is 23.6. The maximum atomic E-state index is 2.48. The molecule has 7 aromatic rings. The third-order valence-corrected chi connectivity index (χ3v) is 10.5. The van der Waals surface area contributed by atoms with Crippen LogP contribution in [-0.2, 0) is 0 Å². The van der Waals surface area contributed by atoms with Gasteiger partial charge < -0.3 is 9.13 Å². The summed E-state index contributed by atoms with van der Waals surface area (Å²) >= 11 is 0. The fourth-order valence-electron chi connectivity index (χ4n) is 8.13. The van der Waals surface area contributed by atoms with Gasteiger partial charge in [0.2, 0.25) is 0 Å². The van der Waals surface area contributed by atoms with Crippen LogP contribution < -0.4 is 0 Å². The Labute approximate surface area is 280 Å². The molecular formula is C46H34N2. The molecular weight excluding hydrogens is 581 g/mol. The van der Waals surface area contributed by atoms with Crippen LogP contribution in [0, 0.1) is 5.92 Å². The summed E-state index contributed by atoms with van der Waals surface area (Å²) in [5.41, 5.74) is 14.0. The molecule has 3 aliphatic rings. The second-order valence-corrected chi connectivity index (χ2v) is 13.2. The van der Waals surface area contributed by atoms with Crippen molar-refractivity contribution in [2.24, 2.45) is 5.92 Å². The van der Waals surface area contributed by atoms with Crippen molar-refractivity contribution in [2.75, 3.05) is 0 Å². The van der Waals surface area contributed by atoms with Gasteiger partial charge in [-0.3, -0.25) is 0 Å². The zero-order chi connectivity index (χ0) is 31.6. The number of benzene rings is 5. The van der Waals surface area contributed by atoms with E-state index in [1.165, 1.54) is 82.8 Å². The average Bonchev–Trinajstić information content (AvgIpc) is 3.67. The highest BCUT2D eigenvalue weighted by molar-refractivity contribution is 6.12. The highest BCUT2D eigenvalue weighted by Crippen LogP contribution is 2.40. The Morgan fingerprint density at radius 1 is 0.500 bits per heavy atom. The van der Waals surface area contributed by atoms with Crippen molar-refractivity contribution in [2.45, 2.75) is 19.3 Å². The highest BCUT2D eigenvalue weighted by atomic mass is 15.0. The van der Waals surface area contributed by atoms with Crippen LogP contribution in [0.15, 0.2) is 169 Å². The van der Waals surface area contributed by atoms with E-state index in [-0.39, 0.29) is 0 Å². The van der Waals surface area contributed by atoms with E-state index in [1.54, 1.807) is 0 Å². The summed E-state index contributed by atoms with van der Waals surface area (Å²) in [4.78, 5) is 0. The molecule has 48 heavy (non-hydrogen) atoms. The third kappa shape index (κ3) is 4.26. The van der Waals surface area contributed by atoms with E-state index in [0.717, 1.165) is 19.3 Å². The monoisotopic (exact) mass is 614 g/mol. The number of hydrogen-bond acceptors (Lipinski definition) is 0. The molecule has 0 spiro atoms. The maximum Gasteiger partial charge on any atom is 0.0541 e. The number of fused-ring (bicyclic) bond motifs is 7. The summed E-state index contributed by atoms with van der Waals surface area (Å²) in [6.45, 7) is 0. The minimum atomic E-state index is 0.440. The van der Waals surface area contributed by atoms with Gasteiger partial charge in [0.25, 0.3) is 0 Å². The molecule has 228 valence electrons. The molecule has 0 radical (unpaired) electrons. The van der Waals surface area contributed by atoms with Crippen LogP contribution >= 0.6 is 0 Å². The lowest BCUT2D eigenvalue weighted by Gasteiger charge is -2.24. The molecule has 0 fully saturated rings. The molecule has 0 saturated heterocycles. The summed E-state index contributed by atoms with van der Waals surface area (Å²) in [5.74, 6) is 0.440. The zero-order valence-corrected chi connectivity index (χ0v) is 26.7. The van der Waals surface area contributed by atoms with Gasteiger partial charge in [0.1, 0.15) is 0 Å². The van der Waals surface area contributed by atoms with Crippen LogP contribution in [0.25, 0.3) is 77.3 Å². The number of aromatic nitrogens is 2. The quantitative estimate of drug-likeness (QED) is 0.187. The first-order valence-electron chi connectivity index (χ1n) is 17.1. The predicted molar refractivity (Wildman–Crippen MR) is 205 cm³/mol. The van der Waals surface area contributed by atoms with Gasteiger partial charge in [-0.1, -0.05) is 115 Å². The van der Waals surface area contributed by atoms with E-state index in [0.29, 0.717) is 5.92 Å². The van der Waals surface area contributed by atoms with Crippen molar-refractivity contribution in [3.63, 3.8) is 0 Å². The van der Waals surface area contributed by atoms with Crippen LogP contribution in [0.3, 0.4) is 0 Å². The van der Waals surface area contributed by atoms with E-state index in [4.69, 9.17) is 0 Å². The largest absolute Gasteiger partial charge is 0.313 e. The van der Waals surface area contributed by atoms with Crippen LogP contribution in [0.1, 0.15) is 19.3 Å². The Morgan fingerprint density at radius 2 is 1.10 bits per heavy atom. The standard InChI is InChI=1S/C46H34N2/c1-2-12-37(13-3-1)47-43-16-8-6-14-39(43)41-29-35(23-26-45(41)47)32-18-20-33(21-19-32)36-24-27-46-42(30-36)40-15-7-9-17-44(40)48(46)38-25-22-31-10-4-5-11-34(31)28-38/h2,4-27,29-30,34H,1,3,28H2. The Kier molecular flexibility index (Phi) is 6.17. The second-order valence-electron chi connectivity index (χ2n) is 13.2. The summed E-state index contributed by atoms with van der Waals surface area (Å²) in [6, 6.07) is 40.7. The van der Waals surface area contributed by atoms with Crippen molar-refractivity contribution in [3.05, 3.63) is 169 Å². The maximum absolute atomic E-state index is 2.48. The van der Waals surface area contributed by atoms with E-state index in [2.05, 4.69) is 173 Å². The first kappa shape index (κ1) is 27.3. The third-order valence-electron chi connectivity index (χ3n) is 10.5. The molecule has 2 heterocycles. The lowest BCUT2D eigenvalue weighted by Crippen LogP contribution is -2.10. The molecule has 0 saturated carbocycles. The van der Waals surface area contributed by atoms with Gasteiger partial charge in [-0.2, -0.15) is 0 Å². The smallest absolute Gasteiger partial charge is 0.0541 e. The number of nitrogens with zero attached hydrogens (tertiary/aromatic N) is 2. The molecule has 5 aromatic carbocycles. The van der Waals surface area contributed by atoms with E-state index >= 15 is 0 Å². The number of rotatable bonds is 4. The molecule has 0 bridgehead atoms. The molecule has 1 atom stereocenters. The van der Waals surface area contributed by atoms with Crippen LogP contribution in [-0.4, -0.2) is 9.13 Å². The van der Waals surface area contributed by atoms with Gasteiger partial charge in [-0.25, -0.2) is 0 Å². The van der Waals surface area contributed by atoms with Crippen LogP contribution in [0.2, 0.25) is 0 Å². The molecule has 0 aliphatic heterocycles. The highest BCUT2D eigenvalue weighted by Gasteiger charge is 2.21. The number of para-hydroxylation sites is 2. The van der Waals surface area contributed by atoms with Gasteiger partial charge in [-0.15, -0.1) is 0 Å². The van der Waals surface area contributed by atoms with Gasteiger partial charge >= 0.3 is 0 Å². The lowest BCUT2D eigenvalue weighted by molar-refractivity contribution is 0.770. The van der Waals surface area contributed by atoms with Gasteiger partial charge in [-0.05, 0) is 95.6 Å². The summed E-state index contributed by atoms with van der Waals surface area (Å²) in [5, 5.41) is 5.19. The fraction of sp³-hybridized carbons (Fsp3) is 0.0870. The van der Waals surface area contributed by atoms with Crippen molar-refractivity contribution in [1.82, 2.24) is 9.13 Å². The van der Waals surface area contributed by atoms with E-state index in [1.807, 2.05) is 0 Å². The fourth-order valence-corrected chi connectivity index (χ4v) is 8.13. The predicted octanol–water partition coefficient (Wildman–Crippen LogP) is 12.3. The van der Waals surface area contributed by atoms with Crippen molar-refractivity contribution >= 4 is 55.0 Å². The zero-order valence-electron chi connectivity index (χ0n) is 26.7. The first-order chi connectivity index (χ1) is 23.8. The molecule has 0 amide bonds. The average molecular weight is 615 g/mol. The Hall–Kier alpha value is -5.86. The van der Waals surface area contributed by atoms with Crippen LogP contribution in [0.5, 0.6) is 0 Å². The van der Waals surface area contributed by atoms with Crippen molar-refractivity contribution < 1.29 is 0 Å². The van der Waals surface area contributed by atoms with Gasteiger partial charge in [0.05, 0.1) is 22.1 Å². The Morgan fingerprint density at radius 3 is 1.77 bits per heavy atom. The molecule has 3 aliphatic carbocycles. The number of allylic oxidation sites excluding steroid dienone is 12. The van der Waals surface area contributed by atoms with Crippen molar-refractivity contribution in [3.8, 4) is 22.3 Å². The minimum Gasteiger partial charge on any atom is -0.313 e. The van der Waals surface area contributed by atoms with Crippen molar-refractivity contribution in [1.29, 1.82) is 0 Å². The van der Waals surface area contributed by atoms with Gasteiger partial charge in [0, 0.05) is 38.9 Å². The molecule has 1 unspecified atom stereocenters. The molecule has 2 heteroatoms. The SMILES string of the molecule is C1=CC2=CC=C(n3c4ccccc4c4cc(-c5ccc(-c6ccc7c(c6)c6ccccc6n7C6=CCCC=C6)cc5)ccc43)CC2C=C1. The topological polar surface area (TPSA) is 9.86 Å². The summed E-state index contributed by atoms with van der Waals surface area (Å²) < 4.78 is 4.90.